The van der Waals surface area contributed by atoms with Gasteiger partial charge in [-0.15, -0.1) is 0 Å². The highest BCUT2D eigenvalue weighted by Crippen LogP contribution is 2.29. The van der Waals surface area contributed by atoms with Crippen LogP contribution in [0.4, 0.5) is 18.9 Å². The molecular formula is C19H14F3N3O3. The third-order valence-electron chi connectivity index (χ3n) is 3.89. The van der Waals surface area contributed by atoms with Crippen LogP contribution < -0.4 is 5.32 Å². The molecule has 0 unspecified atom stereocenters. The summed E-state index contributed by atoms with van der Waals surface area (Å²) >= 11 is 0. The highest BCUT2D eigenvalue weighted by Gasteiger charge is 2.30. The molecule has 144 valence electrons. The van der Waals surface area contributed by atoms with Crippen LogP contribution in [0.3, 0.4) is 0 Å². The van der Waals surface area contributed by atoms with Gasteiger partial charge in [-0.1, -0.05) is 24.3 Å². The van der Waals surface area contributed by atoms with Gasteiger partial charge in [-0.2, -0.15) is 18.3 Å². The zero-order valence-corrected chi connectivity index (χ0v) is 14.3. The van der Waals surface area contributed by atoms with Gasteiger partial charge in [0.05, 0.1) is 35.1 Å². The van der Waals surface area contributed by atoms with Gasteiger partial charge in [0.25, 0.3) is 5.91 Å². The van der Waals surface area contributed by atoms with Crippen molar-refractivity contribution in [1.29, 1.82) is 0 Å². The molecule has 0 radical (unpaired) electrons. The van der Waals surface area contributed by atoms with Crippen LogP contribution in [-0.2, 0) is 12.7 Å². The molecule has 0 fully saturated rings. The summed E-state index contributed by atoms with van der Waals surface area (Å²) in [4.78, 5) is 23.5. The Balaban J connectivity index is 1.73. The van der Waals surface area contributed by atoms with Gasteiger partial charge < -0.3 is 10.4 Å². The zero-order valence-electron chi connectivity index (χ0n) is 14.3. The molecule has 3 aromatic rings. The van der Waals surface area contributed by atoms with E-state index in [-0.39, 0.29) is 23.4 Å². The predicted octanol–water partition coefficient (Wildman–Crippen LogP) is 3.90. The Morgan fingerprint density at radius 2 is 1.79 bits per heavy atom. The van der Waals surface area contributed by atoms with Gasteiger partial charge in [0.1, 0.15) is 0 Å². The molecule has 2 aromatic carbocycles. The summed E-state index contributed by atoms with van der Waals surface area (Å²) in [5, 5.41) is 15.7. The molecule has 0 aliphatic carbocycles. The van der Waals surface area contributed by atoms with E-state index in [9.17, 15) is 22.8 Å². The van der Waals surface area contributed by atoms with Crippen LogP contribution in [0, 0.1) is 0 Å². The Kier molecular flexibility index (Phi) is 5.16. The van der Waals surface area contributed by atoms with Crippen molar-refractivity contribution < 1.29 is 27.9 Å². The molecule has 0 aliphatic heterocycles. The fourth-order valence-electron chi connectivity index (χ4n) is 2.61. The Bertz CT molecular complexity index is 1030. The molecule has 28 heavy (non-hydrogen) atoms. The number of aromatic nitrogens is 2. The smallest absolute Gasteiger partial charge is 0.416 e. The molecule has 0 atom stereocenters. The number of alkyl halides is 3. The van der Waals surface area contributed by atoms with Gasteiger partial charge in [-0.25, -0.2) is 4.79 Å². The van der Waals surface area contributed by atoms with E-state index in [1.807, 2.05) is 0 Å². The summed E-state index contributed by atoms with van der Waals surface area (Å²) in [5.74, 6) is -1.86. The van der Waals surface area contributed by atoms with Crippen molar-refractivity contribution >= 4 is 17.6 Å². The number of anilines is 1. The molecule has 0 bridgehead atoms. The van der Waals surface area contributed by atoms with Crippen LogP contribution in [0.15, 0.2) is 60.9 Å². The number of carbonyl (C=O) groups excluding carboxylic acids is 1. The highest BCUT2D eigenvalue weighted by molar-refractivity contribution is 6.10. The summed E-state index contributed by atoms with van der Waals surface area (Å²) in [6.07, 6.45) is -1.66. The van der Waals surface area contributed by atoms with Gasteiger partial charge in [-0.05, 0) is 29.8 Å². The maximum atomic E-state index is 12.8. The van der Waals surface area contributed by atoms with E-state index in [0.717, 1.165) is 12.1 Å². The van der Waals surface area contributed by atoms with Crippen molar-refractivity contribution in [2.24, 2.45) is 0 Å². The van der Waals surface area contributed by atoms with Gasteiger partial charge >= 0.3 is 12.1 Å². The first kappa shape index (κ1) is 19.2. The number of aromatic carboxylic acids is 1. The second-order valence-electron chi connectivity index (χ2n) is 5.93. The number of carboxylic acid groups (broad SMARTS) is 1. The largest absolute Gasteiger partial charge is 0.478 e. The van der Waals surface area contributed by atoms with Crippen molar-refractivity contribution in [1.82, 2.24) is 9.78 Å². The topological polar surface area (TPSA) is 84.2 Å². The van der Waals surface area contributed by atoms with Crippen LogP contribution >= 0.6 is 0 Å². The molecule has 0 spiro atoms. The van der Waals surface area contributed by atoms with E-state index in [1.165, 1.54) is 47.4 Å². The molecule has 1 amide bonds. The van der Waals surface area contributed by atoms with Crippen molar-refractivity contribution in [2.45, 2.75) is 12.7 Å². The number of nitrogens with one attached hydrogen (secondary N) is 1. The molecule has 3 rings (SSSR count). The number of carboxylic acids is 1. The second-order valence-corrected chi connectivity index (χ2v) is 5.93. The van der Waals surface area contributed by atoms with Crippen molar-refractivity contribution in [3.8, 4) is 0 Å². The minimum Gasteiger partial charge on any atom is -0.478 e. The maximum Gasteiger partial charge on any atom is 0.416 e. The van der Waals surface area contributed by atoms with Crippen LogP contribution in [0.2, 0.25) is 0 Å². The first-order chi connectivity index (χ1) is 13.2. The number of hydrogen-bond donors (Lipinski definition) is 2. The third kappa shape index (κ3) is 4.37. The molecule has 1 aromatic heterocycles. The number of carbonyl (C=O) groups is 2. The Hall–Kier alpha value is -3.62. The molecule has 1 heterocycles. The molecule has 6 nitrogen and oxygen atoms in total. The third-order valence-corrected chi connectivity index (χ3v) is 3.89. The van der Waals surface area contributed by atoms with E-state index in [2.05, 4.69) is 10.4 Å². The summed E-state index contributed by atoms with van der Waals surface area (Å²) in [7, 11) is 0. The van der Waals surface area contributed by atoms with Crippen LogP contribution in [0.5, 0.6) is 0 Å². The Morgan fingerprint density at radius 1 is 1.07 bits per heavy atom. The Morgan fingerprint density at radius 3 is 2.46 bits per heavy atom. The lowest BCUT2D eigenvalue weighted by molar-refractivity contribution is -0.137. The number of rotatable bonds is 5. The highest BCUT2D eigenvalue weighted by atomic mass is 19.4. The van der Waals surface area contributed by atoms with Crippen molar-refractivity contribution in [3.63, 3.8) is 0 Å². The average molecular weight is 389 g/mol. The number of amides is 1. The van der Waals surface area contributed by atoms with Crippen LogP contribution in [0.25, 0.3) is 0 Å². The number of benzene rings is 2. The van der Waals surface area contributed by atoms with Crippen LogP contribution in [0.1, 0.15) is 31.8 Å². The number of hydrogen-bond acceptors (Lipinski definition) is 3. The fraction of sp³-hybridized carbons (Fsp3) is 0.105. The Labute approximate surface area is 157 Å². The first-order valence-corrected chi connectivity index (χ1v) is 8.06. The average Bonchev–Trinajstić information content (AvgIpc) is 3.08. The van der Waals surface area contributed by atoms with E-state index in [0.29, 0.717) is 5.56 Å². The normalized spacial score (nSPS) is 11.2. The van der Waals surface area contributed by atoms with Crippen LogP contribution in [-0.4, -0.2) is 26.8 Å². The SMILES string of the molecule is O=C(O)c1ccccc1C(=O)Nc1cnn(Cc2cccc(C(F)(F)F)c2)c1. The summed E-state index contributed by atoms with van der Waals surface area (Å²) < 4.78 is 39.7. The van der Waals surface area contributed by atoms with E-state index in [1.54, 1.807) is 6.07 Å². The molecule has 0 aliphatic rings. The minimum absolute atomic E-state index is 0.0133. The predicted molar refractivity (Wildman–Crippen MR) is 94.1 cm³/mol. The maximum absolute atomic E-state index is 12.8. The first-order valence-electron chi connectivity index (χ1n) is 8.06. The fourth-order valence-corrected chi connectivity index (χ4v) is 2.61. The van der Waals surface area contributed by atoms with Crippen molar-refractivity contribution in [3.05, 3.63) is 83.2 Å². The molecule has 0 saturated heterocycles. The molecule has 9 heteroatoms. The van der Waals surface area contributed by atoms with E-state index < -0.39 is 23.6 Å². The van der Waals surface area contributed by atoms with Gasteiger partial charge in [0, 0.05) is 6.20 Å². The zero-order chi connectivity index (χ0) is 20.3. The quantitative estimate of drug-likeness (QED) is 0.693. The van der Waals surface area contributed by atoms with Gasteiger partial charge in [-0.3, -0.25) is 9.48 Å². The standard InChI is InChI=1S/C19H14F3N3O3/c20-19(21,22)13-5-3-4-12(8-13)10-25-11-14(9-23-25)24-17(26)15-6-1-2-7-16(15)18(27)28/h1-9,11H,10H2,(H,24,26)(H,27,28). The lowest BCUT2D eigenvalue weighted by atomic mass is 10.1. The monoisotopic (exact) mass is 389 g/mol. The molecular weight excluding hydrogens is 375 g/mol. The van der Waals surface area contributed by atoms with E-state index >= 15 is 0 Å². The summed E-state index contributed by atoms with van der Waals surface area (Å²) in [5.41, 5.74) is -0.225. The van der Waals surface area contributed by atoms with Gasteiger partial charge in [0.15, 0.2) is 0 Å². The van der Waals surface area contributed by atoms with E-state index in [4.69, 9.17) is 5.11 Å². The second kappa shape index (κ2) is 7.55. The van der Waals surface area contributed by atoms with Gasteiger partial charge in [0.2, 0.25) is 0 Å². The minimum atomic E-state index is -4.43. The molecule has 2 N–H and O–H groups in total. The lowest BCUT2D eigenvalue weighted by Crippen LogP contribution is -2.16. The molecule has 0 saturated carbocycles. The van der Waals surface area contributed by atoms with Crippen molar-refractivity contribution in [2.75, 3.05) is 5.32 Å². The number of nitrogens with zero attached hydrogens (tertiary/aromatic N) is 2. The summed E-state index contributed by atoms with van der Waals surface area (Å²) in [6, 6.07) is 10.6. The lowest BCUT2D eigenvalue weighted by Gasteiger charge is -2.08. The number of halogens is 3. The summed E-state index contributed by atoms with van der Waals surface area (Å²) in [6.45, 7) is 0.0749.